The number of aliphatic hydroxyl groups is 5. The second-order valence-corrected chi connectivity index (χ2v) is 7.90. The van der Waals surface area contributed by atoms with Gasteiger partial charge in [-0.25, -0.2) is 4.57 Å². The number of hydrogen-bond acceptors (Lipinski definition) is 10. The number of hydrogen-bond donors (Lipinski definition) is 7. The van der Waals surface area contributed by atoms with Gasteiger partial charge < -0.3 is 54.5 Å². The Labute approximate surface area is 155 Å². The van der Waals surface area contributed by atoms with Crippen LogP contribution in [0.25, 0.3) is 0 Å². The Balaban J connectivity index is 0. The fourth-order valence-electron chi connectivity index (χ4n) is 1.67. The van der Waals surface area contributed by atoms with E-state index < -0.39 is 50.9 Å². The summed E-state index contributed by atoms with van der Waals surface area (Å²) in [5, 5.41) is 55.2. The van der Waals surface area contributed by atoms with Gasteiger partial charge in [-0.2, -0.15) is 0 Å². The average molecular weight is 421 g/mol. The molecule has 0 aromatic carbocycles. The molecule has 1 unspecified atom stereocenters. The Hall–Kier alpha value is -0.990. The fourth-order valence-corrected chi connectivity index (χ4v) is 2.02. The number of carboxylic acid groups (broad SMARTS) is 1. The zero-order chi connectivity index (χ0) is 22.0. The molecule has 0 radical (unpaired) electrons. The molecule has 0 aliphatic rings. The van der Waals surface area contributed by atoms with Gasteiger partial charge in [-0.15, -0.1) is 0 Å². The Morgan fingerprint density at radius 3 is 1.93 bits per heavy atom. The Morgan fingerprint density at radius 1 is 1.11 bits per heavy atom. The first-order valence-electron chi connectivity index (χ1n) is 7.56. The predicted molar refractivity (Wildman–Crippen MR) is 86.6 cm³/mol. The fraction of sp³-hybridized carbons (Fsp3) is 0.846. The highest BCUT2D eigenvalue weighted by atomic mass is 31.2. The second kappa shape index (κ2) is 12.5. The topological polar surface area (TPSA) is 225 Å². The number of carbonyl (C=O) groups excluding carboxylic acids is 2. The van der Waals surface area contributed by atoms with Crippen LogP contribution in [0.15, 0.2) is 0 Å². The van der Waals surface area contributed by atoms with Gasteiger partial charge in [0.1, 0.15) is 37.1 Å². The smallest absolute Gasteiger partial charge is 0.469 e. The molecule has 5 atom stereocenters. The van der Waals surface area contributed by atoms with Crippen molar-refractivity contribution >= 4 is 20.1 Å². The van der Waals surface area contributed by atoms with Crippen molar-refractivity contribution in [1.29, 1.82) is 0 Å². The molecular weight excluding hydrogens is 393 g/mol. The van der Waals surface area contributed by atoms with Crippen molar-refractivity contribution in [3.63, 3.8) is 0 Å². The van der Waals surface area contributed by atoms with Crippen LogP contribution in [0.5, 0.6) is 0 Å². The highest BCUT2D eigenvalue weighted by molar-refractivity contribution is 7.46. The molecule has 7 N–H and O–H groups in total. The molecule has 0 aliphatic heterocycles. The lowest BCUT2D eigenvalue weighted by Crippen LogP contribution is -2.46. The summed E-state index contributed by atoms with van der Waals surface area (Å²) in [5.74, 6) is -1.20. The van der Waals surface area contributed by atoms with Gasteiger partial charge in [-0.1, -0.05) is 0 Å². The maximum absolute atomic E-state index is 10.2. The van der Waals surface area contributed by atoms with Crippen molar-refractivity contribution in [3.05, 3.63) is 0 Å². The van der Waals surface area contributed by atoms with Crippen molar-refractivity contribution in [2.75, 3.05) is 34.3 Å². The number of carboxylic acids is 1. The molecule has 0 amide bonds. The molecule has 0 fully saturated rings. The number of nitrogens with zero attached hydrogens (tertiary/aromatic N) is 1. The number of aliphatic hydroxyl groups excluding tert-OH is 5. The molecule has 0 rings (SSSR count). The van der Waals surface area contributed by atoms with E-state index in [0.29, 0.717) is 11.0 Å². The van der Waals surface area contributed by atoms with Crippen molar-refractivity contribution in [1.82, 2.24) is 0 Å². The Bertz CT molecular complexity index is 490. The summed E-state index contributed by atoms with van der Waals surface area (Å²) in [6.45, 7) is -0.540. The van der Waals surface area contributed by atoms with E-state index >= 15 is 0 Å². The zero-order valence-corrected chi connectivity index (χ0v) is 16.0. The highest BCUT2D eigenvalue weighted by Gasteiger charge is 2.31. The van der Waals surface area contributed by atoms with Crippen LogP contribution in [-0.4, -0.2) is 117 Å². The SMILES string of the molecule is C[N+](C)(C)CC(O)CC(=O)[O-].O=C[C@H](O)[C@@H](O)[C@H](O)[C@H](O)COP(=O)(O)O. The normalized spacial score (nSPS) is 17.7. The number of carbonyl (C=O) groups is 2. The Morgan fingerprint density at radius 2 is 1.59 bits per heavy atom. The Kier molecular flexibility index (Phi) is 13.0. The van der Waals surface area contributed by atoms with Gasteiger partial charge >= 0.3 is 7.82 Å². The molecule has 0 spiro atoms. The molecule has 13 nitrogen and oxygen atoms in total. The molecule has 0 bridgehead atoms. The first-order valence-corrected chi connectivity index (χ1v) is 9.09. The molecule has 162 valence electrons. The van der Waals surface area contributed by atoms with Crippen molar-refractivity contribution in [2.45, 2.75) is 36.9 Å². The van der Waals surface area contributed by atoms with E-state index in [1.165, 1.54) is 0 Å². The third-order valence-corrected chi connectivity index (χ3v) is 3.29. The van der Waals surface area contributed by atoms with E-state index in [2.05, 4.69) is 4.52 Å². The van der Waals surface area contributed by atoms with E-state index in [4.69, 9.17) is 35.3 Å². The average Bonchev–Trinajstić information content (AvgIpc) is 2.47. The lowest BCUT2D eigenvalue weighted by molar-refractivity contribution is -0.873. The first kappa shape index (κ1) is 28.2. The zero-order valence-electron chi connectivity index (χ0n) is 15.2. The van der Waals surface area contributed by atoms with E-state index in [9.17, 15) is 19.3 Å². The third kappa shape index (κ3) is 16.9. The minimum Gasteiger partial charge on any atom is -0.550 e. The van der Waals surface area contributed by atoms with Crippen molar-refractivity contribution in [3.8, 4) is 0 Å². The molecule has 0 aromatic rings. The maximum atomic E-state index is 10.2. The third-order valence-electron chi connectivity index (χ3n) is 2.81. The minimum absolute atomic E-state index is 0.0650. The molecule has 0 heterocycles. The monoisotopic (exact) mass is 421 g/mol. The molecule has 0 aromatic heterocycles. The summed E-state index contributed by atoms with van der Waals surface area (Å²) in [4.78, 5) is 36.6. The van der Waals surface area contributed by atoms with Crippen LogP contribution in [-0.2, 0) is 18.7 Å². The van der Waals surface area contributed by atoms with Crippen LogP contribution in [0, 0.1) is 0 Å². The van der Waals surface area contributed by atoms with Crippen LogP contribution in [0.1, 0.15) is 6.42 Å². The highest BCUT2D eigenvalue weighted by Crippen LogP contribution is 2.35. The van der Waals surface area contributed by atoms with Crippen LogP contribution in [0.4, 0.5) is 0 Å². The van der Waals surface area contributed by atoms with E-state index in [-0.39, 0.29) is 12.7 Å². The quantitative estimate of drug-likeness (QED) is 0.0945. The van der Waals surface area contributed by atoms with Gasteiger partial charge in [0, 0.05) is 12.4 Å². The van der Waals surface area contributed by atoms with E-state index in [1.807, 2.05) is 21.1 Å². The van der Waals surface area contributed by atoms with Gasteiger partial charge in [0.15, 0.2) is 6.29 Å². The lowest BCUT2D eigenvalue weighted by atomic mass is 10.0. The van der Waals surface area contributed by atoms with Crippen LogP contribution < -0.4 is 5.11 Å². The van der Waals surface area contributed by atoms with Gasteiger partial charge in [0.2, 0.25) is 0 Å². The summed E-state index contributed by atoms with van der Waals surface area (Å²) in [5.41, 5.74) is 0. The summed E-state index contributed by atoms with van der Waals surface area (Å²) in [6.07, 6.45) is -8.89. The molecule has 0 saturated carbocycles. The van der Waals surface area contributed by atoms with Crippen LogP contribution in [0.3, 0.4) is 0 Å². The van der Waals surface area contributed by atoms with E-state index in [1.54, 1.807) is 0 Å². The largest absolute Gasteiger partial charge is 0.550 e. The summed E-state index contributed by atoms with van der Waals surface area (Å²) >= 11 is 0. The second-order valence-electron chi connectivity index (χ2n) is 6.66. The van der Waals surface area contributed by atoms with Gasteiger partial charge in [0.25, 0.3) is 0 Å². The number of phosphoric acid groups is 1. The molecule has 0 aliphatic carbocycles. The van der Waals surface area contributed by atoms with Gasteiger partial charge in [-0.05, 0) is 0 Å². The minimum atomic E-state index is -4.80. The first-order chi connectivity index (χ1) is 12.0. The number of aldehydes is 1. The van der Waals surface area contributed by atoms with Gasteiger partial charge in [-0.3, -0.25) is 4.52 Å². The van der Waals surface area contributed by atoms with E-state index in [0.717, 1.165) is 0 Å². The number of quaternary nitrogens is 1. The number of phosphoric ester groups is 1. The predicted octanol–water partition coefficient (Wildman–Crippen LogP) is -5.07. The van der Waals surface area contributed by atoms with Crippen LogP contribution >= 0.6 is 7.82 Å². The van der Waals surface area contributed by atoms with Crippen molar-refractivity contribution in [2.24, 2.45) is 0 Å². The van der Waals surface area contributed by atoms with Gasteiger partial charge in [0.05, 0.1) is 27.7 Å². The number of likely N-dealkylation sites (N-methyl/N-ethyl adjacent to an activating group) is 1. The molecule has 14 heteroatoms. The lowest BCUT2D eigenvalue weighted by Gasteiger charge is -2.26. The molecule has 0 saturated heterocycles. The summed E-state index contributed by atoms with van der Waals surface area (Å²) in [6, 6.07) is 0. The standard InChI is InChI=1S/C7H15NO3.C6H13O9P/c1-8(2,3)5-6(9)4-7(10)11;7-1-3(8)5(10)6(11)4(9)2-15-16(12,13)14/h6,9H,4-5H2,1-3H3;1,3-6,8-11H,2H2,(H2,12,13,14)/t;3-,4+,5+,6+/m.0/s1. The number of aliphatic carboxylic acids is 1. The summed E-state index contributed by atoms with van der Waals surface area (Å²) < 4.78 is 14.6. The maximum Gasteiger partial charge on any atom is 0.469 e. The summed E-state index contributed by atoms with van der Waals surface area (Å²) in [7, 11) is 0.857. The number of rotatable bonds is 11. The van der Waals surface area contributed by atoms with Crippen LogP contribution in [0.2, 0.25) is 0 Å². The van der Waals surface area contributed by atoms with Crippen molar-refractivity contribution < 1.29 is 63.6 Å². The molecule has 27 heavy (non-hydrogen) atoms. The molecular formula is C13H28NO12P.